The van der Waals surface area contributed by atoms with E-state index in [1.54, 1.807) is 0 Å². The summed E-state index contributed by atoms with van der Waals surface area (Å²) in [5, 5.41) is 2.41. The monoisotopic (exact) mass is 282 g/mol. The maximum atomic E-state index is 13.4. The summed E-state index contributed by atoms with van der Waals surface area (Å²) in [5.74, 6) is -2.06. The van der Waals surface area contributed by atoms with Crippen LogP contribution in [-0.2, 0) is 0 Å². The summed E-state index contributed by atoms with van der Waals surface area (Å²) in [6, 6.07) is 7.10. The Morgan fingerprint density at radius 3 is 2.63 bits per heavy atom. The van der Waals surface area contributed by atoms with Gasteiger partial charge in [-0.1, -0.05) is 11.6 Å². The van der Waals surface area contributed by atoms with Gasteiger partial charge in [-0.3, -0.25) is 4.79 Å². The third-order valence-electron chi connectivity index (χ3n) is 2.41. The lowest BCUT2D eigenvalue weighted by molar-refractivity contribution is 0.102. The van der Waals surface area contributed by atoms with E-state index >= 15 is 0 Å². The predicted octanol–water partition coefficient (Wildman–Crippen LogP) is 3.45. The minimum absolute atomic E-state index is 0.0883. The Balaban J connectivity index is 2.30. The molecule has 1 amide bonds. The lowest BCUT2D eigenvalue weighted by Gasteiger charge is -2.08. The number of rotatable bonds is 2. The van der Waals surface area contributed by atoms with E-state index < -0.39 is 17.5 Å². The Morgan fingerprint density at radius 2 is 1.89 bits per heavy atom. The molecule has 0 fully saturated rings. The summed E-state index contributed by atoms with van der Waals surface area (Å²) < 4.78 is 26.4. The van der Waals surface area contributed by atoms with Gasteiger partial charge < -0.3 is 11.1 Å². The molecule has 0 aliphatic heterocycles. The third-order valence-corrected chi connectivity index (χ3v) is 2.74. The van der Waals surface area contributed by atoms with Gasteiger partial charge in [0.15, 0.2) is 0 Å². The van der Waals surface area contributed by atoms with Crippen LogP contribution in [0.1, 0.15) is 10.4 Å². The maximum absolute atomic E-state index is 13.4. The number of hydrogen-bond donors (Lipinski definition) is 2. The number of halogens is 3. The highest BCUT2D eigenvalue weighted by Crippen LogP contribution is 2.22. The number of carbonyl (C=O) groups is 1. The van der Waals surface area contributed by atoms with Crippen molar-refractivity contribution in [1.29, 1.82) is 0 Å². The van der Waals surface area contributed by atoms with E-state index in [0.717, 1.165) is 18.2 Å². The van der Waals surface area contributed by atoms with Crippen molar-refractivity contribution in [3.63, 3.8) is 0 Å². The molecule has 98 valence electrons. The molecular formula is C13H9ClF2N2O. The van der Waals surface area contributed by atoms with Crippen molar-refractivity contribution in [3.8, 4) is 0 Å². The smallest absolute Gasteiger partial charge is 0.257 e. The first-order valence-corrected chi connectivity index (χ1v) is 5.66. The molecule has 0 radical (unpaired) electrons. The second kappa shape index (κ2) is 5.24. The van der Waals surface area contributed by atoms with Crippen LogP contribution in [0, 0.1) is 11.6 Å². The van der Waals surface area contributed by atoms with Crippen molar-refractivity contribution < 1.29 is 13.6 Å². The fraction of sp³-hybridized carbons (Fsp3) is 0. The van der Waals surface area contributed by atoms with Crippen LogP contribution >= 0.6 is 11.6 Å². The summed E-state index contributed by atoms with van der Waals surface area (Å²) in [6.07, 6.45) is 0. The number of amides is 1. The van der Waals surface area contributed by atoms with Gasteiger partial charge in [0.1, 0.15) is 11.6 Å². The van der Waals surface area contributed by atoms with E-state index in [0.29, 0.717) is 5.69 Å². The molecule has 0 unspecified atom stereocenters. The van der Waals surface area contributed by atoms with Gasteiger partial charge in [0.05, 0.1) is 16.3 Å². The number of carbonyl (C=O) groups excluding carboxylic acids is 1. The lowest BCUT2D eigenvalue weighted by Crippen LogP contribution is -2.14. The Bertz CT molecular complexity index is 647. The van der Waals surface area contributed by atoms with Crippen LogP contribution in [0.25, 0.3) is 0 Å². The van der Waals surface area contributed by atoms with Crippen molar-refractivity contribution in [2.45, 2.75) is 0 Å². The van der Waals surface area contributed by atoms with Gasteiger partial charge in [0.2, 0.25) is 0 Å². The number of hydrogen-bond acceptors (Lipinski definition) is 2. The molecule has 2 aromatic carbocycles. The molecule has 0 atom stereocenters. The van der Waals surface area contributed by atoms with Crippen LogP contribution in [0.3, 0.4) is 0 Å². The van der Waals surface area contributed by atoms with E-state index in [1.165, 1.54) is 18.2 Å². The number of anilines is 2. The average molecular weight is 283 g/mol. The minimum atomic E-state index is -0.741. The SMILES string of the molecule is Nc1ccc(Cl)c(C(=O)Nc2cc(F)ccc2F)c1. The summed E-state index contributed by atoms with van der Waals surface area (Å²) in [7, 11) is 0. The summed E-state index contributed by atoms with van der Waals surface area (Å²) in [6.45, 7) is 0. The van der Waals surface area contributed by atoms with Crippen LogP contribution in [0.4, 0.5) is 20.2 Å². The van der Waals surface area contributed by atoms with Crippen molar-refractivity contribution in [2.75, 3.05) is 11.1 Å². The molecule has 0 heterocycles. The fourth-order valence-corrected chi connectivity index (χ4v) is 1.70. The molecule has 0 saturated heterocycles. The zero-order valence-corrected chi connectivity index (χ0v) is 10.3. The molecular weight excluding hydrogens is 274 g/mol. The summed E-state index contributed by atoms with van der Waals surface area (Å²) in [4.78, 5) is 11.9. The Hall–Kier alpha value is -2.14. The van der Waals surface area contributed by atoms with E-state index in [1.807, 2.05) is 0 Å². The molecule has 3 nitrogen and oxygen atoms in total. The summed E-state index contributed by atoms with van der Waals surface area (Å²) >= 11 is 5.84. The second-order valence-corrected chi connectivity index (χ2v) is 4.22. The Kier molecular flexibility index (Phi) is 3.66. The van der Waals surface area contributed by atoms with Crippen LogP contribution in [0.15, 0.2) is 36.4 Å². The van der Waals surface area contributed by atoms with Crippen molar-refractivity contribution in [3.05, 3.63) is 58.6 Å². The quantitative estimate of drug-likeness (QED) is 0.829. The molecule has 0 aromatic heterocycles. The number of nitrogens with two attached hydrogens (primary N) is 1. The van der Waals surface area contributed by atoms with Crippen LogP contribution < -0.4 is 11.1 Å². The third kappa shape index (κ3) is 3.00. The predicted molar refractivity (Wildman–Crippen MR) is 70.2 cm³/mol. The van der Waals surface area contributed by atoms with Crippen LogP contribution in [0.5, 0.6) is 0 Å². The van der Waals surface area contributed by atoms with Gasteiger partial charge in [0.25, 0.3) is 5.91 Å². The maximum Gasteiger partial charge on any atom is 0.257 e. The number of nitrogens with one attached hydrogen (secondary N) is 1. The van der Waals surface area contributed by atoms with Gasteiger partial charge in [-0.2, -0.15) is 0 Å². The van der Waals surface area contributed by atoms with E-state index in [2.05, 4.69) is 5.32 Å². The van der Waals surface area contributed by atoms with E-state index in [9.17, 15) is 13.6 Å². The molecule has 6 heteroatoms. The van der Waals surface area contributed by atoms with Gasteiger partial charge in [0, 0.05) is 11.8 Å². The normalized spacial score (nSPS) is 10.3. The molecule has 0 spiro atoms. The van der Waals surface area contributed by atoms with Crippen LogP contribution in [-0.4, -0.2) is 5.91 Å². The first kappa shape index (κ1) is 13.3. The van der Waals surface area contributed by atoms with Crippen molar-refractivity contribution >= 4 is 28.9 Å². The molecule has 2 rings (SSSR count). The Labute approximate surface area is 113 Å². The lowest BCUT2D eigenvalue weighted by atomic mass is 10.2. The molecule has 19 heavy (non-hydrogen) atoms. The van der Waals surface area contributed by atoms with Gasteiger partial charge in [-0.25, -0.2) is 8.78 Å². The molecule has 0 bridgehead atoms. The largest absolute Gasteiger partial charge is 0.399 e. The fourth-order valence-electron chi connectivity index (χ4n) is 1.50. The van der Waals surface area contributed by atoms with Crippen molar-refractivity contribution in [1.82, 2.24) is 0 Å². The highest BCUT2D eigenvalue weighted by Gasteiger charge is 2.13. The highest BCUT2D eigenvalue weighted by atomic mass is 35.5. The van der Waals surface area contributed by atoms with E-state index in [4.69, 9.17) is 17.3 Å². The van der Waals surface area contributed by atoms with Gasteiger partial charge in [-0.05, 0) is 30.3 Å². The minimum Gasteiger partial charge on any atom is -0.399 e. The molecule has 3 N–H and O–H groups in total. The van der Waals surface area contributed by atoms with Crippen LogP contribution in [0.2, 0.25) is 5.02 Å². The zero-order chi connectivity index (χ0) is 14.0. The first-order chi connectivity index (χ1) is 8.97. The first-order valence-electron chi connectivity index (χ1n) is 5.29. The molecule has 2 aromatic rings. The topological polar surface area (TPSA) is 55.1 Å². The van der Waals surface area contributed by atoms with Gasteiger partial charge >= 0.3 is 0 Å². The Morgan fingerprint density at radius 1 is 1.16 bits per heavy atom. The molecule has 0 aliphatic carbocycles. The van der Waals surface area contributed by atoms with E-state index in [-0.39, 0.29) is 16.3 Å². The molecule has 0 saturated carbocycles. The molecule has 0 aliphatic rings. The average Bonchev–Trinajstić information content (AvgIpc) is 2.36. The van der Waals surface area contributed by atoms with Crippen molar-refractivity contribution in [2.24, 2.45) is 0 Å². The zero-order valence-electron chi connectivity index (χ0n) is 9.58. The van der Waals surface area contributed by atoms with Gasteiger partial charge in [-0.15, -0.1) is 0 Å². The number of nitrogen functional groups attached to an aromatic ring is 1. The summed E-state index contributed by atoms with van der Waals surface area (Å²) in [5.41, 5.74) is 5.71. The highest BCUT2D eigenvalue weighted by molar-refractivity contribution is 6.34. The number of benzene rings is 2. The standard InChI is InChI=1S/C13H9ClF2N2O/c14-10-3-2-8(17)6-9(10)13(19)18-12-5-7(15)1-4-11(12)16/h1-6H,17H2,(H,18,19). The second-order valence-electron chi connectivity index (χ2n) is 3.82.